The molecule has 0 amide bonds. The summed E-state index contributed by atoms with van der Waals surface area (Å²) >= 11 is 0. The molecule has 174 valence electrons. The van der Waals surface area contributed by atoms with Crippen LogP contribution in [0.1, 0.15) is 69.3 Å². The Balaban J connectivity index is 2.65. The number of halogens is 1. The molecule has 2 rings (SSSR count). The lowest BCUT2D eigenvalue weighted by atomic mass is 9.90. The van der Waals surface area contributed by atoms with Gasteiger partial charge in [0.15, 0.2) is 0 Å². The van der Waals surface area contributed by atoms with Crippen LogP contribution in [0.2, 0.25) is 0 Å². The minimum atomic E-state index is -1.16. The Hall–Kier alpha value is -2.77. The topological polar surface area (TPSA) is 99.9 Å². The predicted molar refractivity (Wildman–Crippen MR) is 122 cm³/mol. The highest BCUT2D eigenvalue weighted by molar-refractivity contribution is 5.82. The van der Waals surface area contributed by atoms with Gasteiger partial charge in [-0.2, -0.15) is 0 Å². The molecule has 32 heavy (non-hydrogen) atoms. The second kappa shape index (κ2) is 11.2. The van der Waals surface area contributed by atoms with Crippen LogP contribution in [0.25, 0.3) is 17.2 Å². The Bertz CT molecular complexity index is 954. The third-order valence-corrected chi connectivity index (χ3v) is 5.09. The first-order valence-corrected chi connectivity index (χ1v) is 10.7. The molecule has 0 saturated carbocycles. The van der Waals surface area contributed by atoms with E-state index in [4.69, 9.17) is 14.8 Å². The normalized spacial score (nSPS) is 13.7. The summed E-state index contributed by atoms with van der Waals surface area (Å²) in [5, 5.41) is 29.0. The average Bonchev–Trinajstić information content (AvgIpc) is 2.70. The van der Waals surface area contributed by atoms with Crippen molar-refractivity contribution >= 4 is 12.0 Å². The first kappa shape index (κ1) is 25.5. The number of hydrogen-bond acceptors (Lipinski definition) is 5. The molecule has 1 heterocycles. The number of carboxylic acid groups (broad SMARTS) is 1. The number of carbonyl (C=O) groups is 1. The highest BCUT2D eigenvalue weighted by Crippen LogP contribution is 2.42. The molecule has 2 unspecified atom stereocenters. The average molecular weight is 446 g/mol. The second-order valence-corrected chi connectivity index (χ2v) is 8.43. The molecule has 0 aliphatic carbocycles. The van der Waals surface area contributed by atoms with Gasteiger partial charge in [0, 0.05) is 17.5 Å². The van der Waals surface area contributed by atoms with Crippen molar-refractivity contribution in [3.8, 4) is 16.9 Å². The number of ether oxygens (including phenoxy) is 1. The zero-order chi connectivity index (χ0) is 24.0. The van der Waals surface area contributed by atoms with Crippen molar-refractivity contribution < 1.29 is 29.2 Å². The van der Waals surface area contributed by atoms with Gasteiger partial charge in [-0.25, -0.2) is 4.39 Å². The van der Waals surface area contributed by atoms with Gasteiger partial charge < -0.3 is 20.1 Å². The van der Waals surface area contributed by atoms with Gasteiger partial charge in [-0.3, -0.25) is 9.78 Å². The van der Waals surface area contributed by atoms with Gasteiger partial charge in [0.2, 0.25) is 0 Å². The SMILES string of the molecule is COc1c(C(C)C)nc(C(C)C)c(C=CC(O)CC(O)CC(=O)O)c1-c1ccc(F)cc1. The molecule has 1 aromatic heterocycles. The van der Waals surface area contributed by atoms with Crippen LogP contribution in [0.4, 0.5) is 4.39 Å². The highest BCUT2D eigenvalue weighted by Gasteiger charge is 2.24. The van der Waals surface area contributed by atoms with Gasteiger partial charge >= 0.3 is 5.97 Å². The molecule has 0 spiro atoms. The monoisotopic (exact) mass is 445 g/mol. The maximum atomic E-state index is 13.6. The van der Waals surface area contributed by atoms with E-state index in [9.17, 15) is 19.4 Å². The zero-order valence-electron chi connectivity index (χ0n) is 19.2. The quantitative estimate of drug-likeness (QED) is 0.488. The number of hydrogen-bond donors (Lipinski definition) is 3. The summed E-state index contributed by atoms with van der Waals surface area (Å²) in [5.74, 6) is -0.776. The molecule has 6 nitrogen and oxygen atoms in total. The van der Waals surface area contributed by atoms with Crippen LogP contribution in [0.3, 0.4) is 0 Å². The zero-order valence-corrected chi connectivity index (χ0v) is 19.2. The van der Waals surface area contributed by atoms with E-state index in [1.807, 2.05) is 27.7 Å². The predicted octanol–water partition coefficient (Wildman–Crippen LogP) is 4.74. The van der Waals surface area contributed by atoms with Crippen molar-refractivity contribution in [3.05, 3.63) is 53.1 Å². The molecule has 7 heteroatoms. The fourth-order valence-corrected chi connectivity index (χ4v) is 3.58. The molecule has 2 atom stereocenters. The number of benzene rings is 1. The number of aromatic nitrogens is 1. The van der Waals surface area contributed by atoms with Crippen molar-refractivity contribution in [3.63, 3.8) is 0 Å². The van der Waals surface area contributed by atoms with E-state index in [0.29, 0.717) is 5.75 Å². The fraction of sp³-hybridized carbons (Fsp3) is 0.440. The van der Waals surface area contributed by atoms with E-state index in [-0.39, 0.29) is 24.1 Å². The molecule has 0 saturated heterocycles. The van der Waals surface area contributed by atoms with Crippen molar-refractivity contribution in [2.75, 3.05) is 7.11 Å². The molecule has 0 aliphatic rings. The standard InChI is InChI=1S/C25H32FNO5/c1-14(2)23-20(11-10-18(28)12-19(29)13-21(30)31)22(16-6-8-17(26)9-7-16)25(32-5)24(27-23)15(3)4/h6-11,14-15,18-19,28-29H,12-13H2,1-5H3,(H,30,31). The van der Waals surface area contributed by atoms with Crippen LogP contribution in [0, 0.1) is 5.82 Å². The number of aliphatic carboxylic acids is 1. The Morgan fingerprint density at radius 1 is 1.09 bits per heavy atom. The Labute approximate surface area is 188 Å². The maximum absolute atomic E-state index is 13.6. The van der Waals surface area contributed by atoms with Gasteiger partial charge in [-0.1, -0.05) is 52.0 Å². The van der Waals surface area contributed by atoms with E-state index in [0.717, 1.165) is 28.1 Å². The van der Waals surface area contributed by atoms with Crippen molar-refractivity contribution in [1.82, 2.24) is 4.98 Å². The number of carboxylic acids is 1. The van der Waals surface area contributed by atoms with Crippen LogP contribution in [0.15, 0.2) is 30.3 Å². The van der Waals surface area contributed by atoms with E-state index in [2.05, 4.69) is 0 Å². The summed E-state index contributed by atoms with van der Waals surface area (Å²) in [6.45, 7) is 8.06. The third kappa shape index (κ3) is 6.37. The largest absolute Gasteiger partial charge is 0.494 e. The molecular weight excluding hydrogens is 413 g/mol. The summed E-state index contributed by atoms with van der Waals surface area (Å²) in [5.41, 5.74) is 3.78. The van der Waals surface area contributed by atoms with Crippen LogP contribution >= 0.6 is 0 Å². The first-order valence-electron chi connectivity index (χ1n) is 10.7. The number of aliphatic hydroxyl groups excluding tert-OH is 2. The van der Waals surface area contributed by atoms with Crippen molar-refractivity contribution in [2.45, 2.75) is 64.6 Å². The summed E-state index contributed by atoms with van der Waals surface area (Å²) in [6.07, 6.45) is 0.453. The molecule has 2 aromatic rings. The summed E-state index contributed by atoms with van der Waals surface area (Å²) in [4.78, 5) is 15.6. The Morgan fingerprint density at radius 2 is 1.69 bits per heavy atom. The lowest BCUT2D eigenvalue weighted by Gasteiger charge is -2.22. The summed E-state index contributed by atoms with van der Waals surface area (Å²) in [7, 11) is 1.57. The summed E-state index contributed by atoms with van der Waals surface area (Å²) < 4.78 is 19.4. The van der Waals surface area contributed by atoms with E-state index in [1.54, 1.807) is 25.3 Å². The molecule has 0 bridgehead atoms. The summed E-state index contributed by atoms with van der Waals surface area (Å²) in [6, 6.07) is 6.10. The lowest BCUT2D eigenvalue weighted by Crippen LogP contribution is -2.19. The minimum Gasteiger partial charge on any atom is -0.494 e. The molecule has 0 aliphatic heterocycles. The van der Waals surface area contributed by atoms with Crippen molar-refractivity contribution in [1.29, 1.82) is 0 Å². The van der Waals surface area contributed by atoms with Gasteiger partial charge in [0.05, 0.1) is 37.1 Å². The van der Waals surface area contributed by atoms with Crippen LogP contribution < -0.4 is 4.74 Å². The first-order chi connectivity index (χ1) is 15.0. The fourth-order valence-electron chi connectivity index (χ4n) is 3.58. The number of pyridine rings is 1. The molecule has 3 N–H and O–H groups in total. The number of methoxy groups -OCH3 is 1. The van der Waals surface area contributed by atoms with Crippen LogP contribution in [0.5, 0.6) is 5.75 Å². The van der Waals surface area contributed by atoms with E-state index < -0.39 is 24.6 Å². The van der Waals surface area contributed by atoms with Gasteiger partial charge in [-0.15, -0.1) is 0 Å². The van der Waals surface area contributed by atoms with Gasteiger partial charge in [-0.05, 0) is 29.5 Å². The minimum absolute atomic E-state index is 0.0481. The Kier molecular flexibility index (Phi) is 8.92. The van der Waals surface area contributed by atoms with E-state index >= 15 is 0 Å². The maximum Gasteiger partial charge on any atom is 0.305 e. The number of aliphatic hydroxyl groups is 2. The lowest BCUT2D eigenvalue weighted by molar-refractivity contribution is -0.139. The van der Waals surface area contributed by atoms with Crippen molar-refractivity contribution in [2.24, 2.45) is 0 Å². The smallest absolute Gasteiger partial charge is 0.305 e. The van der Waals surface area contributed by atoms with Crippen LogP contribution in [-0.2, 0) is 4.79 Å². The Morgan fingerprint density at radius 3 is 2.19 bits per heavy atom. The molecule has 0 fully saturated rings. The molecule has 1 aromatic carbocycles. The number of nitrogens with zero attached hydrogens (tertiary/aromatic N) is 1. The second-order valence-electron chi connectivity index (χ2n) is 8.43. The number of rotatable bonds is 10. The van der Waals surface area contributed by atoms with Gasteiger partial charge in [0.25, 0.3) is 0 Å². The molecular formula is C25H32FNO5. The third-order valence-electron chi connectivity index (χ3n) is 5.09. The van der Waals surface area contributed by atoms with Crippen LogP contribution in [-0.4, -0.2) is 45.6 Å². The highest BCUT2D eigenvalue weighted by atomic mass is 19.1. The van der Waals surface area contributed by atoms with E-state index in [1.165, 1.54) is 18.2 Å². The van der Waals surface area contributed by atoms with Gasteiger partial charge in [0.1, 0.15) is 11.6 Å². The molecule has 0 radical (unpaired) electrons.